The topological polar surface area (TPSA) is 44.5 Å². The lowest BCUT2D eigenvalue weighted by molar-refractivity contribution is -0.128. The molecule has 0 saturated heterocycles. The van der Waals surface area contributed by atoms with Crippen molar-refractivity contribution >= 4 is 0 Å². The van der Waals surface area contributed by atoms with Crippen molar-refractivity contribution in [1.29, 1.82) is 0 Å². The highest BCUT2D eigenvalue weighted by Crippen LogP contribution is 2.44. The van der Waals surface area contributed by atoms with E-state index in [0.717, 1.165) is 19.4 Å². The molecule has 1 aliphatic carbocycles. The third kappa shape index (κ3) is 2.27. The largest absolute Gasteiger partial charge is 0.379 e. The first kappa shape index (κ1) is 12.0. The third-order valence-electron chi connectivity index (χ3n) is 3.56. The zero-order valence-electron chi connectivity index (χ0n) is 9.58. The maximum absolute atomic E-state index is 5.98. The predicted octanol–water partition coefficient (Wildman–Crippen LogP) is 1.56. The molecule has 3 unspecified atom stereocenters. The molecule has 0 radical (unpaired) electrons. The van der Waals surface area contributed by atoms with Crippen LogP contribution in [0.3, 0.4) is 0 Å². The smallest absolute Gasteiger partial charge is 0.0704 e. The molecule has 0 aromatic heterocycles. The summed E-state index contributed by atoms with van der Waals surface area (Å²) in [4.78, 5) is 0. The maximum atomic E-state index is 5.98. The molecule has 3 atom stereocenters. The molecule has 1 fully saturated rings. The minimum absolute atomic E-state index is 0.187. The Morgan fingerprint density at radius 3 is 2.57 bits per heavy atom. The van der Waals surface area contributed by atoms with Crippen molar-refractivity contribution in [2.24, 2.45) is 11.1 Å². The summed E-state index contributed by atoms with van der Waals surface area (Å²) in [6, 6.07) is 0.310. The molecule has 1 saturated carbocycles. The van der Waals surface area contributed by atoms with Crippen molar-refractivity contribution < 1.29 is 9.47 Å². The van der Waals surface area contributed by atoms with Crippen molar-refractivity contribution in [2.75, 3.05) is 19.8 Å². The fourth-order valence-electron chi connectivity index (χ4n) is 1.99. The van der Waals surface area contributed by atoms with Crippen LogP contribution in [-0.4, -0.2) is 32.0 Å². The molecule has 0 heterocycles. The molecule has 3 nitrogen and oxygen atoms in total. The number of hydrogen-bond acceptors (Lipinski definition) is 3. The van der Waals surface area contributed by atoms with E-state index in [1.165, 1.54) is 0 Å². The molecule has 14 heavy (non-hydrogen) atoms. The highest BCUT2D eigenvalue weighted by Gasteiger charge is 2.49. The Kier molecular flexibility index (Phi) is 4.35. The number of ether oxygens (including phenoxy) is 2. The molecule has 84 valence electrons. The van der Waals surface area contributed by atoms with Gasteiger partial charge in [0.2, 0.25) is 0 Å². The first-order valence-electron chi connectivity index (χ1n) is 5.60. The molecule has 1 rings (SSSR count). The van der Waals surface area contributed by atoms with Crippen LogP contribution in [0.15, 0.2) is 0 Å². The molecule has 2 N–H and O–H groups in total. The van der Waals surface area contributed by atoms with Gasteiger partial charge in [0, 0.05) is 18.1 Å². The van der Waals surface area contributed by atoms with Gasteiger partial charge in [-0.15, -0.1) is 0 Å². The summed E-state index contributed by atoms with van der Waals surface area (Å²) in [5, 5.41) is 0. The minimum Gasteiger partial charge on any atom is -0.379 e. The predicted molar refractivity (Wildman–Crippen MR) is 57.2 cm³/mol. The average molecular weight is 201 g/mol. The molecule has 0 spiro atoms. The normalized spacial score (nSPS) is 36.9. The van der Waals surface area contributed by atoms with E-state index in [1.807, 2.05) is 6.92 Å². The van der Waals surface area contributed by atoms with E-state index >= 15 is 0 Å². The van der Waals surface area contributed by atoms with E-state index in [4.69, 9.17) is 15.2 Å². The summed E-state index contributed by atoms with van der Waals surface area (Å²) in [5.41, 5.74) is 6.16. The Hall–Kier alpha value is -0.120. The van der Waals surface area contributed by atoms with Crippen LogP contribution in [-0.2, 0) is 9.47 Å². The van der Waals surface area contributed by atoms with Gasteiger partial charge >= 0.3 is 0 Å². The summed E-state index contributed by atoms with van der Waals surface area (Å²) in [6.45, 7) is 8.54. The van der Waals surface area contributed by atoms with E-state index < -0.39 is 0 Å². The third-order valence-corrected chi connectivity index (χ3v) is 3.56. The van der Waals surface area contributed by atoms with Crippen molar-refractivity contribution in [2.45, 2.75) is 45.8 Å². The summed E-state index contributed by atoms with van der Waals surface area (Å²) in [7, 11) is 0. The highest BCUT2D eigenvalue weighted by molar-refractivity contribution is 5.02. The molecule has 1 aliphatic rings. The zero-order valence-corrected chi connectivity index (χ0v) is 9.58. The van der Waals surface area contributed by atoms with Crippen LogP contribution in [0, 0.1) is 5.41 Å². The Balaban J connectivity index is 2.20. The Morgan fingerprint density at radius 2 is 2.07 bits per heavy atom. The van der Waals surface area contributed by atoms with Crippen LogP contribution in [0.2, 0.25) is 0 Å². The molecule has 0 aromatic carbocycles. The van der Waals surface area contributed by atoms with Gasteiger partial charge in [-0.1, -0.05) is 13.8 Å². The molecule has 0 aliphatic heterocycles. The van der Waals surface area contributed by atoms with Gasteiger partial charge < -0.3 is 15.2 Å². The molecule has 0 aromatic rings. The summed E-state index contributed by atoms with van der Waals surface area (Å²) in [5.74, 6) is 0. The fourth-order valence-corrected chi connectivity index (χ4v) is 1.99. The van der Waals surface area contributed by atoms with Gasteiger partial charge in [-0.2, -0.15) is 0 Å². The lowest BCUT2D eigenvalue weighted by atomic mass is 9.62. The van der Waals surface area contributed by atoms with Crippen LogP contribution in [0.1, 0.15) is 33.6 Å². The van der Waals surface area contributed by atoms with Gasteiger partial charge in [-0.05, 0) is 19.8 Å². The molecule has 0 amide bonds. The molecule has 0 bridgehead atoms. The van der Waals surface area contributed by atoms with E-state index in [9.17, 15) is 0 Å². The van der Waals surface area contributed by atoms with E-state index in [2.05, 4.69) is 13.8 Å². The Bertz CT molecular complexity index is 175. The van der Waals surface area contributed by atoms with Crippen molar-refractivity contribution in [3.63, 3.8) is 0 Å². The summed E-state index contributed by atoms with van der Waals surface area (Å²) in [6.07, 6.45) is 2.42. The summed E-state index contributed by atoms with van der Waals surface area (Å²) < 4.78 is 11.0. The quantitative estimate of drug-likeness (QED) is 0.663. The minimum atomic E-state index is 0.187. The van der Waals surface area contributed by atoms with Crippen molar-refractivity contribution in [3.05, 3.63) is 0 Å². The molecule has 3 heteroatoms. The van der Waals surface area contributed by atoms with Crippen molar-refractivity contribution in [3.8, 4) is 0 Å². The van der Waals surface area contributed by atoms with E-state index in [0.29, 0.717) is 25.4 Å². The summed E-state index contributed by atoms with van der Waals surface area (Å²) >= 11 is 0. The SMILES string of the molecule is CCOCCOC1CC(N)C1(C)CC. The second-order valence-electron chi connectivity index (χ2n) is 4.26. The zero-order chi connectivity index (χ0) is 10.6. The number of hydrogen-bond donors (Lipinski definition) is 1. The molecular formula is C11H23NO2. The van der Waals surface area contributed by atoms with E-state index in [-0.39, 0.29) is 5.41 Å². The van der Waals surface area contributed by atoms with Crippen LogP contribution >= 0.6 is 0 Å². The van der Waals surface area contributed by atoms with Gasteiger partial charge in [0.05, 0.1) is 19.3 Å². The van der Waals surface area contributed by atoms with Crippen LogP contribution in [0.4, 0.5) is 0 Å². The van der Waals surface area contributed by atoms with Gasteiger partial charge in [-0.25, -0.2) is 0 Å². The van der Waals surface area contributed by atoms with Gasteiger partial charge in [0.25, 0.3) is 0 Å². The number of nitrogens with two attached hydrogens (primary N) is 1. The molecular weight excluding hydrogens is 178 g/mol. The lowest BCUT2D eigenvalue weighted by Crippen LogP contribution is -2.60. The Labute approximate surface area is 86.9 Å². The number of rotatable bonds is 6. The Morgan fingerprint density at radius 1 is 1.36 bits per heavy atom. The van der Waals surface area contributed by atoms with Crippen LogP contribution < -0.4 is 5.73 Å². The standard InChI is InChI=1S/C11H23NO2/c1-4-11(3)9(12)8-10(11)14-7-6-13-5-2/h9-10H,4-8,12H2,1-3H3. The van der Waals surface area contributed by atoms with Gasteiger partial charge in [0.15, 0.2) is 0 Å². The first-order chi connectivity index (χ1) is 6.65. The van der Waals surface area contributed by atoms with Gasteiger partial charge in [0.1, 0.15) is 0 Å². The average Bonchev–Trinajstić information content (AvgIpc) is 2.21. The second kappa shape index (κ2) is 5.10. The highest BCUT2D eigenvalue weighted by atomic mass is 16.5. The van der Waals surface area contributed by atoms with E-state index in [1.54, 1.807) is 0 Å². The monoisotopic (exact) mass is 201 g/mol. The second-order valence-corrected chi connectivity index (χ2v) is 4.26. The van der Waals surface area contributed by atoms with Crippen LogP contribution in [0.5, 0.6) is 0 Å². The fraction of sp³-hybridized carbons (Fsp3) is 1.00. The maximum Gasteiger partial charge on any atom is 0.0704 e. The first-order valence-corrected chi connectivity index (χ1v) is 5.60. The lowest BCUT2D eigenvalue weighted by Gasteiger charge is -2.51. The van der Waals surface area contributed by atoms with Crippen LogP contribution in [0.25, 0.3) is 0 Å². The van der Waals surface area contributed by atoms with Crippen molar-refractivity contribution in [1.82, 2.24) is 0 Å². The van der Waals surface area contributed by atoms with Gasteiger partial charge in [-0.3, -0.25) is 0 Å².